The molecule has 3 heteroatoms. The van der Waals surface area contributed by atoms with E-state index < -0.39 is 12.2 Å². The van der Waals surface area contributed by atoms with E-state index in [-0.39, 0.29) is 6.10 Å². The molecule has 0 amide bonds. The van der Waals surface area contributed by atoms with Gasteiger partial charge in [0.05, 0.1) is 12.2 Å². The monoisotopic (exact) mass is 132 g/mol. The lowest BCUT2D eigenvalue weighted by Gasteiger charge is -2.29. The SMILES string of the molecule is C[C@H]1OCC[C@H](O)[C@@H]1O. The molecule has 1 aliphatic rings. The van der Waals surface area contributed by atoms with Crippen LogP contribution in [-0.4, -0.2) is 35.1 Å². The van der Waals surface area contributed by atoms with Gasteiger partial charge < -0.3 is 14.9 Å². The van der Waals surface area contributed by atoms with Crippen molar-refractivity contribution in [3.8, 4) is 0 Å². The zero-order valence-corrected chi connectivity index (χ0v) is 5.45. The molecule has 0 aromatic carbocycles. The minimum absolute atomic E-state index is 0.214. The smallest absolute Gasteiger partial charge is 0.106 e. The molecule has 9 heavy (non-hydrogen) atoms. The molecule has 3 atom stereocenters. The van der Waals surface area contributed by atoms with Gasteiger partial charge in [0.1, 0.15) is 6.10 Å². The highest BCUT2D eigenvalue weighted by atomic mass is 16.5. The molecule has 0 aromatic heterocycles. The van der Waals surface area contributed by atoms with E-state index in [9.17, 15) is 0 Å². The van der Waals surface area contributed by atoms with Crippen molar-refractivity contribution in [2.24, 2.45) is 0 Å². The summed E-state index contributed by atoms with van der Waals surface area (Å²) in [5.74, 6) is 0. The summed E-state index contributed by atoms with van der Waals surface area (Å²) in [5.41, 5.74) is 0. The van der Waals surface area contributed by atoms with Crippen molar-refractivity contribution in [3.63, 3.8) is 0 Å². The van der Waals surface area contributed by atoms with Gasteiger partial charge in [-0.3, -0.25) is 0 Å². The maximum absolute atomic E-state index is 9.07. The van der Waals surface area contributed by atoms with Crippen molar-refractivity contribution >= 4 is 0 Å². The van der Waals surface area contributed by atoms with Gasteiger partial charge in [-0.1, -0.05) is 0 Å². The highest BCUT2D eigenvalue weighted by Crippen LogP contribution is 2.13. The molecule has 0 spiro atoms. The molecular formula is C6H12O3. The molecule has 0 radical (unpaired) electrons. The second-order valence-corrected chi connectivity index (χ2v) is 2.42. The Hall–Kier alpha value is -0.120. The van der Waals surface area contributed by atoms with Gasteiger partial charge in [-0.05, 0) is 13.3 Å². The highest BCUT2D eigenvalue weighted by Gasteiger charge is 2.27. The van der Waals surface area contributed by atoms with Gasteiger partial charge >= 0.3 is 0 Å². The van der Waals surface area contributed by atoms with Gasteiger partial charge in [-0.25, -0.2) is 0 Å². The predicted octanol–water partition coefficient (Wildman–Crippen LogP) is -0.483. The normalized spacial score (nSPS) is 45.0. The fourth-order valence-electron chi connectivity index (χ4n) is 0.957. The van der Waals surface area contributed by atoms with Crippen molar-refractivity contribution in [1.29, 1.82) is 0 Å². The molecular weight excluding hydrogens is 120 g/mol. The first kappa shape index (κ1) is 6.99. The van der Waals surface area contributed by atoms with Gasteiger partial charge in [0.15, 0.2) is 0 Å². The number of ether oxygens (including phenoxy) is 1. The molecule has 1 aliphatic heterocycles. The first-order valence-electron chi connectivity index (χ1n) is 3.19. The third kappa shape index (κ3) is 1.41. The molecule has 0 aromatic rings. The number of hydrogen-bond donors (Lipinski definition) is 2. The van der Waals surface area contributed by atoms with E-state index in [1.54, 1.807) is 6.92 Å². The van der Waals surface area contributed by atoms with Crippen LogP contribution < -0.4 is 0 Å². The van der Waals surface area contributed by atoms with Crippen molar-refractivity contribution in [2.75, 3.05) is 6.61 Å². The molecule has 0 aliphatic carbocycles. The fourth-order valence-corrected chi connectivity index (χ4v) is 0.957. The molecule has 0 bridgehead atoms. The lowest BCUT2D eigenvalue weighted by atomic mass is 10.0. The van der Waals surface area contributed by atoms with E-state index in [2.05, 4.69) is 0 Å². The molecule has 54 valence electrons. The summed E-state index contributed by atoms with van der Waals surface area (Å²) in [4.78, 5) is 0. The maximum atomic E-state index is 9.07. The van der Waals surface area contributed by atoms with E-state index in [4.69, 9.17) is 14.9 Å². The largest absolute Gasteiger partial charge is 0.390 e. The van der Waals surface area contributed by atoms with Gasteiger partial charge in [-0.2, -0.15) is 0 Å². The Kier molecular flexibility index (Phi) is 2.05. The lowest BCUT2D eigenvalue weighted by Crippen LogP contribution is -2.42. The van der Waals surface area contributed by atoms with E-state index in [1.165, 1.54) is 0 Å². The quantitative estimate of drug-likeness (QED) is 0.468. The van der Waals surface area contributed by atoms with Crippen LogP contribution in [0.4, 0.5) is 0 Å². The van der Waals surface area contributed by atoms with Gasteiger partial charge in [0, 0.05) is 6.61 Å². The highest BCUT2D eigenvalue weighted by molar-refractivity contribution is 4.77. The summed E-state index contributed by atoms with van der Waals surface area (Å²) in [6.07, 6.45) is -0.952. The predicted molar refractivity (Wildman–Crippen MR) is 32.0 cm³/mol. The minimum atomic E-state index is -0.696. The second kappa shape index (κ2) is 2.64. The standard InChI is InChI=1S/C6H12O3/c1-4-6(8)5(7)2-3-9-4/h4-8H,2-3H2,1H3/t4-,5+,6-/m1/s1. The maximum Gasteiger partial charge on any atom is 0.106 e. The molecule has 3 nitrogen and oxygen atoms in total. The molecule has 0 saturated carbocycles. The molecule has 1 fully saturated rings. The zero-order chi connectivity index (χ0) is 6.85. The zero-order valence-electron chi connectivity index (χ0n) is 5.45. The number of aliphatic hydroxyl groups excluding tert-OH is 2. The third-order valence-corrected chi connectivity index (χ3v) is 1.67. The minimum Gasteiger partial charge on any atom is -0.390 e. The van der Waals surface area contributed by atoms with Crippen LogP contribution in [0.15, 0.2) is 0 Å². The second-order valence-electron chi connectivity index (χ2n) is 2.42. The summed E-state index contributed by atoms with van der Waals surface area (Å²) in [6, 6.07) is 0. The van der Waals surface area contributed by atoms with Crippen LogP contribution in [0.1, 0.15) is 13.3 Å². The Labute approximate surface area is 54.3 Å². The van der Waals surface area contributed by atoms with Crippen molar-refractivity contribution in [2.45, 2.75) is 31.7 Å². The van der Waals surface area contributed by atoms with Crippen LogP contribution >= 0.6 is 0 Å². The van der Waals surface area contributed by atoms with Crippen LogP contribution in [-0.2, 0) is 4.74 Å². The van der Waals surface area contributed by atoms with Crippen LogP contribution in [0.25, 0.3) is 0 Å². The van der Waals surface area contributed by atoms with E-state index in [1.807, 2.05) is 0 Å². The Balaban J connectivity index is 2.41. The van der Waals surface area contributed by atoms with Crippen molar-refractivity contribution in [3.05, 3.63) is 0 Å². The average molecular weight is 132 g/mol. The summed E-state index contributed by atoms with van der Waals surface area (Å²) in [5, 5.41) is 18.1. The van der Waals surface area contributed by atoms with Crippen LogP contribution in [0.5, 0.6) is 0 Å². The Bertz CT molecular complexity index is 84.3. The summed E-state index contributed by atoms with van der Waals surface area (Å²) < 4.78 is 5.05. The van der Waals surface area contributed by atoms with E-state index in [0.29, 0.717) is 13.0 Å². The van der Waals surface area contributed by atoms with Gasteiger partial charge in [-0.15, -0.1) is 0 Å². The first-order valence-corrected chi connectivity index (χ1v) is 3.19. The lowest BCUT2D eigenvalue weighted by molar-refractivity contribution is -0.127. The van der Waals surface area contributed by atoms with Gasteiger partial charge in [0.25, 0.3) is 0 Å². The summed E-state index contributed by atoms with van der Waals surface area (Å²) in [6.45, 7) is 2.31. The van der Waals surface area contributed by atoms with Crippen molar-refractivity contribution < 1.29 is 14.9 Å². The molecule has 1 heterocycles. The summed E-state index contributed by atoms with van der Waals surface area (Å²) >= 11 is 0. The molecule has 0 unspecified atom stereocenters. The van der Waals surface area contributed by atoms with E-state index in [0.717, 1.165) is 0 Å². The number of hydrogen-bond acceptors (Lipinski definition) is 3. The van der Waals surface area contributed by atoms with Crippen LogP contribution in [0, 0.1) is 0 Å². The first-order chi connectivity index (χ1) is 4.22. The Morgan fingerprint density at radius 2 is 2.11 bits per heavy atom. The van der Waals surface area contributed by atoms with E-state index >= 15 is 0 Å². The molecule has 2 N–H and O–H groups in total. The molecule has 1 rings (SSSR count). The average Bonchev–Trinajstić information content (AvgIpc) is 1.83. The number of rotatable bonds is 0. The van der Waals surface area contributed by atoms with Crippen LogP contribution in [0.3, 0.4) is 0 Å². The Morgan fingerprint density at radius 3 is 2.56 bits per heavy atom. The van der Waals surface area contributed by atoms with Gasteiger partial charge in [0.2, 0.25) is 0 Å². The number of aliphatic hydroxyl groups is 2. The fraction of sp³-hybridized carbons (Fsp3) is 1.00. The van der Waals surface area contributed by atoms with Crippen LogP contribution in [0.2, 0.25) is 0 Å². The van der Waals surface area contributed by atoms with Crippen molar-refractivity contribution in [1.82, 2.24) is 0 Å². The summed E-state index contributed by atoms with van der Waals surface area (Å²) in [7, 11) is 0. The topological polar surface area (TPSA) is 49.7 Å². The third-order valence-electron chi connectivity index (χ3n) is 1.67. The molecule has 1 saturated heterocycles. The Morgan fingerprint density at radius 1 is 1.44 bits per heavy atom.